The SMILES string of the molecule is O=C(O)C(=CC1CCCCC1)COCC(=CC1CCCCC1)C(=O)O. The van der Waals surface area contributed by atoms with E-state index in [4.69, 9.17) is 4.74 Å². The summed E-state index contributed by atoms with van der Waals surface area (Å²) >= 11 is 0. The van der Waals surface area contributed by atoms with Crippen LogP contribution in [0.25, 0.3) is 0 Å². The molecule has 0 amide bonds. The van der Waals surface area contributed by atoms with Crippen molar-refractivity contribution in [2.75, 3.05) is 13.2 Å². The van der Waals surface area contributed by atoms with Crippen molar-refractivity contribution in [3.8, 4) is 0 Å². The summed E-state index contributed by atoms with van der Waals surface area (Å²) in [6, 6.07) is 0. The molecule has 2 saturated carbocycles. The van der Waals surface area contributed by atoms with Crippen LogP contribution in [0.4, 0.5) is 0 Å². The van der Waals surface area contributed by atoms with Crippen LogP contribution in [0, 0.1) is 11.8 Å². The maximum Gasteiger partial charge on any atom is 0.333 e. The molecule has 0 spiro atoms. The van der Waals surface area contributed by atoms with Gasteiger partial charge in [0.2, 0.25) is 0 Å². The first kappa shape index (κ1) is 19.7. The Labute approximate surface area is 149 Å². The van der Waals surface area contributed by atoms with Crippen molar-refractivity contribution >= 4 is 11.9 Å². The molecule has 2 rings (SSSR count). The van der Waals surface area contributed by atoms with Crippen molar-refractivity contribution in [3.05, 3.63) is 23.3 Å². The van der Waals surface area contributed by atoms with Gasteiger partial charge in [-0.3, -0.25) is 0 Å². The van der Waals surface area contributed by atoms with Gasteiger partial charge in [0, 0.05) is 0 Å². The van der Waals surface area contributed by atoms with E-state index in [1.54, 1.807) is 0 Å². The fourth-order valence-electron chi connectivity index (χ4n) is 3.80. The number of carboxylic acids is 2. The van der Waals surface area contributed by atoms with Gasteiger partial charge in [0.15, 0.2) is 0 Å². The molecule has 2 aliphatic rings. The molecule has 0 heterocycles. The van der Waals surface area contributed by atoms with Gasteiger partial charge in [-0.1, -0.05) is 50.7 Å². The average Bonchev–Trinajstić information content (AvgIpc) is 2.61. The largest absolute Gasteiger partial charge is 0.478 e. The van der Waals surface area contributed by atoms with Crippen molar-refractivity contribution in [3.63, 3.8) is 0 Å². The highest BCUT2D eigenvalue weighted by Gasteiger charge is 2.18. The van der Waals surface area contributed by atoms with Crippen LogP contribution in [0.2, 0.25) is 0 Å². The normalized spacial score (nSPS) is 21.3. The molecule has 0 radical (unpaired) electrons. The van der Waals surface area contributed by atoms with Gasteiger partial charge in [-0.05, 0) is 37.5 Å². The molecule has 0 aromatic carbocycles. The summed E-state index contributed by atoms with van der Waals surface area (Å²) < 4.78 is 5.47. The number of ether oxygens (including phenoxy) is 1. The first-order valence-corrected chi connectivity index (χ1v) is 9.52. The van der Waals surface area contributed by atoms with Crippen molar-refractivity contribution in [1.82, 2.24) is 0 Å². The van der Waals surface area contributed by atoms with E-state index in [1.165, 1.54) is 12.8 Å². The first-order valence-electron chi connectivity index (χ1n) is 9.52. The number of rotatable bonds is 8. The molecule has 5 nitrogen and oxygen atoms in total. The highest BCUT2D eigenvalue weighted by molar-refractivity contribution is 5.87. The van der Waals surface area contributed by atoms with E-state index in [9.17, 15) is 19.8 Å². The molecule has 0 aliphatic heterocycles. The number of carboxylic acid groups (broad SMARTS) is 2. The molecule has 0 saturated heterocycles. The Bertz CT molecular complexity index is 462. The third kappa shape index (κ3) is 7.02. The summed E-state index contributed by atoms with van der Waals surface area (Å²) in [5, 5.41) is 18.7. The molecule has 0 unspecified atom stereocenters. The molecule has 0 aromatic heterocycles. The zero-order valence-corrected chi connectivity index (χ0v) is 14.9. The predicted octanol–water partition coefficient (Wildman–Crippen LogP) is 4.19. The zero-order valence-electron chi connectivity index (χ0n) is 14.9. The van der Waals surface area contributed by atoms with Crippen molar-refractivity contribution in [2.45, 2.75) is 64.2 Å². The Morgan fingerprint density at radius 3 is 1.40 bits per heavy atom. The van der Waals surface area contributed by atoms with Crippen LogP contribution >= 0.6 is 0 Å². The lowest BCUT2D eigenvalue weighted by Crippen LogP contribution is -2.16. The van der Waals surface area contributed by atoms with Crippen LogP contribution in [0.5, 0.6) is 0 Å². The third-order valence-electron chi connectivity index (χ3n) is 5.24. The first-order chi connectivity index (χ1) is 12.1. The summed E-state index contributed by atoms with van der Waals surface area (Å²) in [4.78, 5) is 22.8. The lowest BCUT2D eigenvalue weighted by Gasteiger charge is -2.19. The van der Waals surface area contributed by atoms with Crippen molar-refractivity contribution < 1.29 is 24.5 Å². The van der Waals surface area contributed by atoms with Crippen LogP contribution in [0.1, 0.15) is 64.2 Å². The van der Waals surface area contributed by atoms with Gasteiger partial charge in [-0.15, -0.1) is 0 Å². The van der Waals surface area contributed by atoms with Gasteiger partial charge in [0.05, 0.1) is 24.4 Å². The van der Waals surface area contributed by atoms with Gasteiger partial charge >= 0.3 is 11.9 Å². The second-order valence-corrected chi connectivity index (χ2v) is 7.28. The Hall–Kier alpha value is -1.62. The van der Waals surface area contributed by atoms with E-state index in [1.807, 2.05) is 12.2 Å². The molecule has 2 N–H and O–H groups in total. The maximum atomic E-state index is 11.4. The minimum atomic E-state index is -0.973. The molecule has 0 atom stereocenters. The van der Waals surface area contributed by atoms with E-state index < -0.39 is 11.9 Å². The minimum absolute atomic E-state index is 0.0406. The van der Waals surface area contributed by atoms with Crippen LogP contribution in [0.15, 0.2) is 23.3 Å². The van der Waals surface area contributed by atoms with Gasteiger partial charge < -0.3 is 14.9 Å². The third-order valence-corrected chi connectivity index (χ3v) is 5.24. The Balaban J connectivity index is 1.89. The molecule has 0 aromatic rings. The van der Waals surface area contributed by atoms with E-state index in [0.29, 0.717) is 11.8 Å². The average molecular weight is 350 g/mol. The summed E-state index contributed by atoms with van der Waals surface area (Å²) in [7, 11) is 0. The lowest BCUT2D eigenvalue weighted by molar-refractivity contribution is -0.133. The predicted molar refractivity (Wildman–Crippen MR) is 95.4 cm³/mol. The molecule has 5 heteroatoms. The highest BCUT2D eigenvalue weighted by atomic mass is 16.5. The van der Waals surface area contributed by atoms with Gasteiger partial charge in [0.1, 0.15) is 0 Å². The van der Waals surface area contributed by atoms with Crippen LogP contribution in [-0.4, -0.2) is 35.4 Å². The monoisotopic (exact) mass is 350 g/mol. The number of allylic oxidation sites excluding steroid dienone is 2. The second-order valence-electron chi connectivity index (χ2n) is 7.28. The van der Waals surface area contributed by atoms with E-state index in [-0.39, 0.29) is 24.4 Å². The number of hydrogen-bond acceptors (Lipinski definition) is 3. The molecule has 2 aliphatic carbocycles. The summed E-state index contributed by atoms with van der Waals surface area (Å²) in [6.07, 6.45) is 14.7. The van der Waals surface area contributed by atoms with Gasteiger partial charge in [-0.25, -0.2) is 9.59 Å². The standard InChI is InChI=1S/C20H30O5/c21-19(22)17(11-15-7-3-1-4-8-15)13-25-14-18(20(23)24)12-16-9-5-2-6-10-16/h11-12,15-16H,1-10,13-14H2,(H,21,22)(H,23,24). The summed E-state index contributed by atoms with van der Waals surface area (Å²) in [6.45, 7) is -0.0811. The smallest absolute Gasteiger partial charge is 0.333 e. The Morgan fingerprint density at radius 2 is 1.08 bits per heavy atom. The molecule has 25 heavy (non-hydrogen) atoms. The molecular weight excluding hydrogens is 320 g/mol. The maximum absolute atomic E-state index is 11.4. The topological polar surface area (TPSA) is 83.8 Å². The summed E-state index contributed by atoms with van der Waals surface area (Å²) in [5.41, 5.74) is 0.489. The fraction of sp³-hybridized carbons (Fsp3) is 0.700. The Morgan fingerprint density at radius 1 is 0.720 bits per heavy atom. The Kier molecular flexibility index (Phi) is 8.19. The number of carbonyl (C=O) groups is 2. The highest BCUT2D eigenvalue weighted by Crippen LogP contribution is 2.27. The molecule has 140 valence electrons. The van der Waals surface area contributed by atoms with Gasteiger partial charge in [0.25, 0.3) is 0 Å². The molecular formula is C20H30O5. The van der Waals surface area contributed by atoms with E-state index in [2.05, 4.69) is 0 Å². The fourth-order valence-corrected chi connectivity index (χ4v) is 3.80. The summed E-state index contributed by atoms with van der Waals surface area (Å²) in [5.74, 6) is -1.34. The number of aliphatic carboxylic acids is 2. The number of hydrogen-bond donors (Lipinski definition) is 2. The van der Waals surface area contributed by atoms with E-state index in [0.717, 1.165) is 51.4 Å². The van der Waals surface area contributed by atoms with Crippen LogP contribution < -0.4 is 0 Å². The lowest BCUT2D eigenvalue weighted by atomic mass is 9.88. The minimum Gasteiger partial charge on any atom is -0.478 e. The second kappa shape index (κ2) is 10.4. The van der Waals surface area contributed by atoms with Crippen molar-refractivity contribution in [2.24, 2.45) is 11.8 Å². The van der Waals surface area contributed by atoms with Gasteiger partial charge in [-0.2, -0.15) is 0 Å². The zero-order chi connectivity index (χ0) is 18.1. The molecule has 0 bridgehead atoms. The van der Waals surface area contributed by atoms with Crippen molar-refractivity contribution in [1.29, 1.82) is 0 Å². The quantitative estimate of drug-likeness (QED) is 0.641. The van der Waals surface area contributed by atoms with Crippen LogP contribution in [-0.2, 0) is 14.3 Å². The molecule has 2 fully saturated rings. The van der Waals surface area contributed by atoms with Crippen LogP contribution in [0.3, 0.4) is 0 Å². The van der Waals surface area contributed by atoms with E-state index >= 15 is 0 Å².